The molecule has 0 aromatic heterocycles. The summed E-state index contributed by atoms with van der Waals surface area (Å²) >= 11 is 0. The summed E-state index contributed by atoms with van der Waals surface area (Å²) in [6, 6.07) is 4.54. The number of hydrogen-bond donors (Lipinski definition) is 4. The van der Waals surface area contributed by atoms with E-state index in [0.29, 0.717) is 25.8 Å². The highest BCUT2D eigenvalue weighted by molar-refractivity contribution is 7.91. The fraction of sp³-hybridized carbons (Fsp3) is 0.686. The number of primary amides is 1. The first-order chi connectivity index (χ1) is 22.4. The minimum Gasteiger partial charge on any atom is -0.363 e. The van der Waals surface area contributed by atoms with E-state index in [1.54, 1.807) is 30.3 Å². The molecule has 5 N–H and O–H groups in total. The van der Waals surface area contributed by atoms with Gasteiger partial charge in [0.05, 0.1) is 22.2 Å². The van der Waals surface area contributed by atoms with Gasteiger partial charge in [0.15, 0.2) is 9.84 Å². The molecule has 0 bridgehead atoms. The normalized spacial score (nSPS) is 25.6. The Morgan fingerprint density at radius 2 is 1.60 bits per heavy atom. The molecule has 4 fully saturated rings. The average molecular weight is 686 g/mol. The molecule has 1 aromatic rings. The lowest BCUT2D eigenvalue weighted by molar-refractivity contribution is -0.145. The largest absolute Gasteiger partial charge is 0.363 e. The number of ketones is 1. The molecule has 1 aliphatic heterocycles. The smallest absolute Gasteiger partial charge is 0.315 e. The summed E-state index contributed by atoms with van der Waals surface area (Å²) in [5.41, 5.74) is 3.32. The van der Waals surface area contributed by atoms with E-state index in [0.717, 1.165) is 32.1 Å². The van der Waals surface area contributed by atoms with Crippen molar-refractivity contribution in [2.75, 3.05) is 12.3 Å². The van der Waals surface area contributed by atoms with Gasteiger partial charge in [-0.15, -0.1) is 0 Å². The Labute approximate surface area is 283 Å². The van der Waals surface area contributed by atoms with Crippen molar-refractivity contribution < 1.29 is 32.4 Å². The van der Waals surface area contributed by atoms with Gasteiger partial charge in [-0.2, -0.15) is 0 Å². The first kappa shape index (κ1) is 35.8. The predicted molar refractivity (Wildman–Crippen MR) is 179 cm³/mol. The highest BCUT2D eigenvalue weighted by Crippen LogP contribution is 2.65. The highest BCUT2D eigenvalue weighted by Gasteiger charge is 2.70. The number of nitrogens with two attached hydrogens (primary N) is 1. The lowest BCUT2D eigenvalue weighted by Crippen LogP contribution is -2.63. The van der Waals surface area contributed by atoms with Gasteiger partial charge in [0.2, 0.25) is 17.6 Å². The number of rotatable bonds is 12. The van der Waals surface area contributed by atoms with Crippen LogP contribution < -0.4 is 21.7 Å². The van der Waals surface area contributed by atoms with Crippen molar-refractivity contribution in [1.82, 2.24) is 20.9 Å². The molecule has 13 heteroatoms. The van der Waals surface area contributed by atoms with Crippen molar-refractivity contribution in [3.05, 3.63) is 30.3 Å². The van der Waals surface area contributed by atoms with Crippen molar-refractivity contribution in [2.24, 2.45) is 34.3 Å². The SMILES string of the molecule is CC1(C)C2CN(C(=O)[C@@H](NC(=O)NC3(CS(=O)(=O)c4ccccc4)CCCCC3)C(C)(C)C)[C@H](C(=O)NC(CC3CC3)C(=O)C(N)=O)C21. The maximum Gasteiger partial charge on any atom is 0.315 e. The van der Waals surface area contributed by atoms with Crippen LogP contribution in [0.3, 0.4) is 0 Å². The second-order valence-corrected chi connectivity index (χ2v) is 18.2. The zero-order valence-corrected chi connectivity index (χ0v) is 29.5. The van der Waals surface area contributed by atoms with Crippen LogP contribution in [0.15, 0.2) is 35.2 Å². The van der Waals surface area contributed by atoms with Crippen LogP contribution in [0, 0.1) is 28.6 Å². The number of urea groups is 1. The number of sulfone groups is 1. The number of Topliss-reactive ketones (excluding diaryl/α,β-unsaturated/α-hetero) is 1. The number of nitrogens with zero attached hydrogens (tertiary/aromatic N) is 1. The number of fused-ring (bicyclic) bond motifs is 1. The molecule has 3 aliphatic carbocycles. The lowest BCUT2D eigenvalue weighted by atomic mass is 9.83. The Bertz CT molecular complexity index is 1540. The molecule has 1 saturated heterocycles. The molecule has 1 aromatic carbocycles. The molecule has 0 spiro atoms. The average Bonchev–Trinajstić information content (AvgIpc) is 3.86. The van der Waals surface area contributed by atoms with Crippen LogP contribution in [0.2, 0.25) is 0 Å². The first-order valence-electron chi connectivity index (χ1n) is 17.2. The molecule has 3 saturated carbocycles. The Morgan fingerprint density at radius 3 is 2.17 bits per heavy atom. The van der Waals surface area contributed by atoms with Gasteiger partial charge in [-0.1, -0.05) is 84.9 Å². The molecule has 5 rings (SSSR count). The third-order valence-corrected chi connectivity index (χ3v) is 13.0. The van der Waals surface area contributed by atoms with Crippen LogP contribution in [-0.4, -0.2) is 78.8 Å². The maximum absolute atomic E-state index is 14.4. The Hall–Kier alpha value is -3.48. The molecule has 4 aliphatic rings. The summed E-state index contributed by atoms with van der Waals surface area (Å²) in [6.07, 6.45) is 5.56. The summed E-state index contributed by atoms with van der Waals surface area (Å²) in [7, 11) is -3.72. The molecule has 0 radical (unpaired) electrons. The van der Waals surface area contributed by atoms with Gasteiger partial charge in [-0.3, -0.25) is 19.2 Å². The van der Waals surface area contributed by atoms with Gasteiger partial charge in [0, 0.05) is 6.54 Å². The molecular formula is C35H51N5O7S. The fourth-order valence-corrected chi connectivity index (χ4v) is 9.82. The summed E-state index contributed by atoms with van der Waals surface area (Å²) in [5.74, 6) is -3.04. The van der Waals surface area contributed by atoms with Gasteiger partial charge >= 0.3 is 6.03 Å². The monoisotopic (exact) mass is 685 g/mol. The van der Waals surface area contributed by atoms with Crippen molar-refractivity contribution in [1.29, 1.82) is 0 Å². The second-order valence-electron chi connectivity index (χ2n) is 16.2. The van der Waals surface area contributed by atoms with Crippen molar-refractivity contribution in [3.8, 4) is 0 Å². The number of hydrogen-bond acceptors (Lipinski definition) is 7. The van der Waals surface area contributed by atoms with Gasteiger partial charge in [0.1, 0.15) is 12.1 Å². The van der Waals surface area contributed by atoms with Crippen LogP contribution in [-0.2, 0) is 29.0 Å². The molecule has 1 heterocycles. The van der Waals surface area contributed by atoms with Crippen LogP contribution in [0.1, 0.15) is 86.0 Å². The van der Waals surface area contributed by atoms with Crippen LogP contribution in [0.5, 0.6) is 0 Å². The third-order valence-electron chi connectivity index (χ3n) is 11.0. The highest BCUT2D eigenvalue weighted by atomic mass is 32.2. The number of nitrogens with one attached hydrogen (secondary N) is 3. The lowest BCUT2D eigenvalue weighted by Gasteiger charge is -2.40. The predicted octanol–water partition coefficient (Wildman–Crippen LogP) is 2.70. The summed E-state index contributed by atoms with van der Waals surface area (Å²) in [6.45, 7) is 9.85. The fourth-order valence-electron chi connectivity index (χ4n) is 7.99. The Balaban J connectivity index is 1.35. The Morgan fingerprint density at radius 1 is 0.979 bits per heavy atom. The molecule has 48 heavy (non-hydrogen) atoms. The van der Waals surface area contributed by atoms with E-state index in [2.05, 4.69) is 16.0 Å². The number of amides is 5. The molecule has 5 amide bonds. The first-order valence-corrected chi connectivity index (χ1v) is 18.8. The second kappa shape index (κ2) is 13.1. The summed E-state index contributed by atoms with van der Waals surface area (Å²) < 4.78 is 26.9. The minimum absolute atomic E-state index is 0.0501. The number of piperidine rings is 1. The van der Waals surface area contributed by atoms with Gasteiger partial charge in [0.25, 0.3) is 5.91 Å². The molecule has 264 valence electrons. The Kier molecular flexibility index (Phi) is 9.77. The number of likely N-dealkylation sites (tertiary alicyclic amines) is 1. The van der Waals surface area contributed by atoms with E-state index >= 15 is 0 Å². The van der Waals surface area contributed by atoms with Crippen molar-refractivity contribution in [2.45, 2.75) is 115 Å². The van der Waals surface area contributed by atoms with Crippen molar-refractivity contribution in [3.63, 3.8) is 0 Å². The number of benzene rings is 1. The molecule has 12 nitrogen and oxygen atoms in total. The van der Waals surface area contributed by atoms with Gasteiger partial charge in [-0.05, 0) is 60.0 Å². The van der Waals surface area contributed by atoms with Crippen LogP contribution in [0.25, 0.3) is 0 Å². The zero-order valence-electron chi connectivity index (χ0n) is 28.7. The van der Waals surface area contributed by atoms with E-state index < -0.39 is 68.5 Å². The van der Waals surface area contributed by atoms with E-state index in [4.69, 9.17) is 5.73 Å². The van der Waals surface area contributed by atoms with E-state index in [1.165, 1.54) is 4.90 Å². The van der Waals surface area contributed by atoms with Crippen molar-refractivity contribution >= 4 is 39.4 Å². The van der Waals surface area contributed by atoms with Crippen LogP contribution in [0.4, 0.5) is 4.79 Å². The summed E-state index contributed by atoms with van der Waals surface area (Å²) in [4.78, 5) is 68.2. The van der Waals surface area contributed by atoms with Gasteiger partial charge in [-0.25, -0.2) is 13.2 Å². The molecular weight excluding hydrogens is 634 g/mol. The standard InChI is InChI=1S/C35H51N5O7S/c1-33(2,3)28(38-32(45)39-35(16-10-7-11-17-35)20-48(46,47)22-12-8-6-9-13-22)31(44)40-19-23-25(34(23,4)5)26(40)30(43)37-24(18-21-14-15-21)27(41)29(36)42/h6,8-9,12-13,21,23-26,28H,7,10-11,14-20H2,1-5H3,(H2,36,42)(H,37,43)(H2,38,39,45)/t23?,24?,25?,26-,28+/m0/s1. The number of carbonyl (C=O) groups is 5. The zero-order chi connectivity index (χ0) is 35.2. The minimum atomic E-state index is -3.72. The number of carbonyl (C=O) groups excluding carboxylic acids is 5. The molecule has 5 atom stereocenters. The van der Waals surface area contributed by atoms with E-state index in [-0.39, 0.29) is 33.8 Å². The maximum atomic E-state index is 14.4. The molecule has 3 unspecified atom stereocenters. The van der Waals surface area contributed by atoms with E-state index in [1.807, 2.05) is 34.6 Å². The van der Waals surface area contributed by atoms with Gasteiger partial charge < -0.3 is 26.6 Å². The van der Waals surface area contributed by atoms with E-state index in [9.17, 15) is 32.4 Å². The topological polar surface area (TPSA) is 185 Å². The quantitative estimate of drug-likeness (QED) is 0.244. The summed E-state index contributed by atoms with van der Waals surface area (Å²) in [5, 5.41) is 8.61. The van der Waals surface area contributed by atoms with Crippen LogP contribution >= 0.6 is 0 Å². The third kappa shape index (κ3) is 7.55.